The number of nitrogens with two attached hydrogens (primary N) is 2. The topological polar surface area (TPSA) is 130 Å². The molecule has 0 amide bonds. The fourth-order valence-electron chi connectivity index (χ4n) is 0. The molecule has 7 N–H and O–H groups in total. The Kier molecular flexibility index (Phi) is 16.4. The minimum Gasteiger partial charge on any atom is -0.329 e. The van der Waals surface area contributed by atoms with Gasteiger partial charge in [0.15, 0.2) is 0 Å². The number of rotatable bonds is 1. The van der Waals surface area contributed by atoms with E-state index in [2.05, 4.69) is 0 Å². The molecule has 6 nitrogen and oxygen atoms in total. The summed E-state index contributed by atoms with van der Waals surface area (Å²) in [5.74, 6) is 0. The fraction of sp³-hybridized carbons (Fsp3) is 1.00. The van der Waals surface area contributed by atoms with Crippen LogP contribution in [0.25, 0.3) is 0 Å². The molecule has 0 aliphatic heterocycles. The third-order valence-electron chi connectivity index (χ3n) is 0.167. The van der Waals surface area contributed by atoms with Gasteiger partial charge in [-0.2, -0.15) is 0 Å². The van der Waals surface area contributed by atoms with Crippen molar-refractivity contribution >= 4 is 7.82 Å². The van der Waals surface area contributed by atoms with E-state index in [1.165, 1.54) is 0 Å². The molecule has 0 radical (unpaired) electrons. The van der Waals surface area contributed by atoms with Crippen LogP contribution in [0.5, 0.6) is 0 Å². The predicted octanol–water partition coefficient (Wildman–Crippen LogP) is -2.03. The summed E-state index contributed by atoms with van der Waals surface area (Å²) in [4.78, 5) is 21.6. The van der Waals surface area contributed by atoms with E-state index in [1.54, 1.807) is 0 Å². The number of phosphoric acid groups is 1. The second-order valence-corrected chi connectivity index (χ2v) is 2.12. The summed E-state index contributed by atoms with van der Waals surface area (Å²) in [6.07, 6.45) is 0. The van der Waals surface area contributed by atoms with Gasteiger partial charge in [0.2, 0.25) is 0 Å². The summed E-state index contributed by atoms with van der Waals surface area (Å²) in [6, 6.07) is 0. The van der Waals surface area contributed by atoms with Crippen LogP contribution in [-0.2, 0) is 24.0 Å². The predicted molar refractivity (Wildman–Crippen MR) is 32.4 cm³/mol. The van der Waals surface area contributed by atoms with E-state index in [9.17, 15) is 0 Å². The molecule has 0 saturated heterocycles. The van der Waals surface area contributed by atoms with E-state index in [4.69, 9.17) is 30.7 Å². The molecule has 0 aliphatic carbocycles. The standard InChI is InChI=1S/C2H8N2.H3O4P.Zn/c3-1-2-4;1-5(2,3)4;/h1-4H2;(H3,1,2,3,4);. The minimum absolute atomic E-state index is 0. The molecule has 0 spiro atoms. The zero-order chi connectivity index (χ0) is 7.91. The smallest absolute Gasteiger partial charge is 0.329 e. The minimum atomic E-state index is -4.64. The molecule has 0 aromatic heterocycles. The zero-order valence-electron chi connectivity index (χ0n) is 5.47. The van der Waals surface area contributed by atoms with E-state index in [0.717, 1.165) is 0 Å². The Morgan fingerprint density at radius 3 is 1.20 bits per heavy atom. The summed E-state index contributed by atoms with van der Waals surface area (Å²) < 4.78 is 8.88. The van der Waals surface area contributed by atoms with Crippen molar-refractivity contribution < 1.29 is 38.7 Å². The van der Waals surface area contributed by atoms with Gasteiger partial charge in [-0.05, 0) is 0 Å². The van der Waals surface area contributed by atoms with Crippen LogP contribution in [0.1, 0.15) is 0 Å². The van der Waals surface area contributed by atoms with Crippen LogP contribution in [0, 0.1) is 0 Å². The van der Waals surface area contributed by atoms with E-state index in [-0.39, 0.29) is 19.5 Å². The molecule has 10 heavy (non-hydrogen) atoms. The molecule has 0 aromatic carbocycles. The van der Waals surface area contributed by atoms with E-state index >= 15 is 0 Å². The molecule has 8 heteroatoms. The average molecular weight is 223 g/mol. The second kappa shape index (κ2) is 9.65. The van der Waals surface area contributed by atoms with Gasteiger partial charge in [-0.1, -0.05) is 0 Å². The third-order valence-corrected chi connectivity index (χ3v) is 0.167. The summed E-state index contributed by atoms with van der Waals surface area (Å²) in [5, 5.41) is 0. The fourth-order valence-corrected chi connectivity index (χ4v) is 0. The molecule has 0 saturated carbocycles. The maximum Gasteiger partial charge on any atom is 0.466 e. The van der Waals surface area contributed by atoms with Gasteiger partial charge in [0, 0.05) is 32.6 Å². The molecule has 60 valence electrons. The van der Waals surface area contributed by atoms with E-state index in [1.807, 2.05) is 0 Å². The van der Waals surface area contributed by atoms with Crippen molar-refractivity contribution in [3.8, 4) is 0 Å². The van der Waals surface area contributed by atoms with Crippen LogP contribution in [0.4, 0.5) is 0 Å². The maximum atomic E-state index is 8.88. The summed E-state index contributed by atoms with van der Waals surface area (Å²) in [6.45, 7) is 1.19. The molecule has 0 unspecified atom stereocenters. The van der Waals surface area contributed by atoms with Crippen LogP contribution in [0.2, 0.25) is 0 Å². The number of hydrogen-bond acceptors (Lipinski definition) is 3. The summed E-state index contributed by atoms with van der Waals surface area (Å²) in [7, 11) is -4.64. The molecule has 0 aromatic rings. The summed E-state index contributed by atoms with van der Waals surface area (Å²) >= 11 is 0. The SMILES string of the molecule is NCCN.O=P(O)(O)O.[Zn]. The molecule has 0 heterocycles. The van der Waals surface area contributed by atoms with Crippen LogP contribution < -0.4 is 11.5 Å². The first-order chi connectivity index (χ1) is 3.91. The molecule has 0 rings (SSSR count). The van der Waals surface area contributed by atoms with Crippen LogP contribution >= 0.6 is 7.82 Å². The largest absolute Gasteiger partial charge is 0.466 e. The van der Waals surface area contributed by atoms with E-state index in [0.29, 0.717) is 13.1 Å². The Labute approximate surface area is 71.6 Å². The van der Waals surface area contributed by atoms with Gasteiger partial charge in [0.05, 0.1) is 0 Å². The Morgan fingerprint density at radius 1 is 1.10 bits per heavy atom. The first-order valence-corrected chi connectivity index (χ1v) is 3.66. The van der Waals surface area contributed by atoms with Crippen LogP contribution in [-0.4, -0.2) is 27.8 Å². The normalized spacial score (nSPS) is 8.90. The van der Waals surface area contributed by atoms with Crippen molar-refractivity contribution in [1.29, 1.82) is 0 Å². The summed E-state index contributed by atoms with van der Waals surface area (Å²) in [5.41, 5.74) is 9.81. The molecule has 0 aliphatic rings. The Hall–Kier alpha value is 0.653. The molecule has 0 fully saturated rings. The molecular formula is C2H11N2O4PZn. The monoisotopic (exact) mass is 222 g/mol. The first kappa shape index (κ1) is 16.9. The Bertz CT molecular complexity index is 85.0. The van der Waals surface area contributed by atoms with Gasteiger partial charge < -0.3 is 26.1 Å². The average Bonchev–Trinajstić information content (AvgIpc) is 1.61. The van der Waals surface area contributed by atoms with Crippen molar-refractivity contribution in [2.75, 3.05) is 13.1 Å². The Morgan fingerprint density at radius 2 is 1.20 bits per heavy atom. The van der Waals surface area contributed by atoms with Crippen molar-refractivity contribution in [3.05, 3.63) is 0 Å². The molecular weight excluding hydrogens is 212 g/mol. The molecule has 0 bridgehead atoms. The Balaban J connectivity index is -0.0000000910. The van der Waals surface area contributed by atoms with Crippen molar-refractivity contribution in [2.45, 2.75) is 0 Å². The van der Waals surface area contributed by atoms with Crippen molar-refractivity contribution in [1.82, 2.24) is 0 Å². The van der Waals surface area contributed by atoms with Gasteiger partial charge in [-0.15, -0.1) is 0 Å². The van der Waals surface area contributed by atoms with Gasteiger partial charge in [-0.3, -0.25) is 0 Å². The first-order valence-electron chi connectivity index (χ1n) is 2.10. The zero-order valence-corrected chi connectivity index (χ0v) is 9.33. The molecule has 0 atom stereocenters. The van der Waals surface area contributed by atoms with Gasteiger partial charge in [-0.25, -0.2) is 4.57 Å². The van der Waals surface area contributed by atoms with Crippen LogP contribution in [0.15, 0.2) is 0 Å². The van der Waals surface area contributed by atoms with Gasteiger partial charge in [0.1, 0.15) is 0 Å². The van der Waals surface area contributed by atoms with E-state index < -0.39 is 7.82 Å². The third kappa shape index (κ3) is 185. The van der Waals surface area contributed by atoms with Crippen molar-refractivity contribution in [3.63, 3.8) is 0 Å². The van der Waals surface area contributed by atoms with Crippen LogP contribution in [0.3, 0.4) is 0 Å². The van der Waals surface area contributed by atoms with Gasteiger partial charge >= 0.3 is 7.82 Å². The maximum absolute atomic E-state index is 8.88. The second-order valence-electron chi connectivity index (χ2n) is 1.09. The quantitative estimate of drug-likeness (QED) is 0.257. The van der Waals surface area contributed by atoms with Gasteiger partial charge in [0.25, 0.3) is 0 Å². The van der Waals surface area contributed by atoms with Crippen molar-refractivity contribution in [2.24, 2.45) is 11.5 Å². The number of hydrogen-bond donors (Lipinski definition) is 5.